The molecule has 0 saturated carbocycles. The van der Waals surface area contributed by atoms with Crippen LogP contribution in [0.4, 0.5) is 5.69 Å². The highest BCUT2D eigenvalue weighted by Gasteiger charge is 2.41. The van der Waals surface area contributed by atoms with Crippen LogP contribution < -0.4 is 14.8 Å². The fourth-order valence-corrected chi connectivity index (χ4v) is 5.03. The molecule has 0 aliphatic rings. The summed E-state index contributed by atoms with van der Waals surface area (Å²) < 4.78 is 45.2. The molecule has 228 valence electrons. The number of ether oxygens (including phenoxy) is 3. The number of sulfonamides is 1. The quantitative estimate of drug-likeness (QED) is 0.110. The monoisotopic (exact) mass is 609 g/mol. The lowest BCUT2D eigenvalue weighted by Gasteiger charge is -2.27. The van der Waals surface area contributed by atoms with Crippen LogP contribution in [-0.2, 0) is 29.1 Å². The first-order valence-corrected chi connectivity index (χ1v) is 15.0. The molecule has 0 aromatic heterocycles. The number of nitrogens with zero attached hydrogens (tertiary/aromatic N) is 1. The molecule has 12 heteroatoms. The highest BCUT2D eigenvalue weighted by Crippen LogP contribution is 2.31. The fraction of sp³-hybridized carbons (Fsp3) is 0.323. The number of nitrogens with one attached hydrogen (secondary N) is 2. The van der Waals surface area contributed by atoms with E-state index in [2.05, 4.69) is 15.0 Å². The molecule has 0 spiro atoms. The zero-order chi connectivity index (χ0) is 31.5. The number of hydrogen-bond acceptors (Lipinski definition) is 9. The van der Waals surface area contributed by atoms with Crippen molar-refractivity contribution in [3.63, 3.8) is 0 Å². The van der Waals surface area contributed by atoms with E-state index in [1.165, 1.54) is 30.3 Å². The Bertz CT molecular complexity index is 1550. The molecule has 0 saturated heterocycles. The second-order valence-electron chi connectivity index (χ2n) is 10.5. The van der Waals surface area contributed by atoms with Crippen molar-refractivity contribution in [2.75, 3.05) is 18.4 Å². The average Bonchev–Trinajstić information content (AvgIpc) is 2.97. The number of methoxy groups -OCH3 is 1. The molecule has 3 aromatic carbocycles. The van der Waals surface area contributed by atoms with E-state index < -0.39 is 27.6 Å². The van der Waals surface area contributed by atoms with Gasteiger partial charge in [0.1, 0.15) is 5.75 Å². The first kappa shape index (κ1) is 33.0. The Morgan fingerprint density at radius 3 is 2.19 bits per heavy atom. The van der Waals surface area contributed by atoms with Crippen LogP contribution in [0.3, 0.4) is 0 Å². The number of amides is 1. The molecule has 0 aliphatic heterocycles. The Balaban J connectivity index is 1.75. The van der Waals surface area contributed by atoms with Crippen LogP contribution in [0.15, 0.2) is 88.8 Å². The molecule has 0 bridgehead atoms. The van der Waals surface area contributed by atoms with E-state index in [0.717, 1.165) is 7.11 Å². The molecule has 1 atom stereocenters. The molecule has 0 unspecified atom stereocenters. The lowest BCUT2D eigenvalue weighted by Crippen LogP contribution is -2.53. The maximum Gasteiger partial charge on any atom is 0.355 e. The van der Waals surface area contributed by atoms with Gasteiger partial charge in [0, 0.05) is 18.6 Å². The SMILES string of the molecule is COC(=O)[C@](CCCCOC(C)(C)C)(N=C=O)NC(=O)c1ccc(S(=O)(=O)Nc2ccccc2Oc2ccccc2)cc1. The summed E-state index contributed by atoms with van der Waals surface area (Å²) in [6, 6.07) is 20.5. The van der Waals surface area contributed by atoms with E-state index in [4.69, 9.17) is 14.2 Å². The number of para-hydroxylation sites is 3. The number of hydrogen-bond donors (Lipinski definition) is 2. The third kappa shape index (κ3) is 9.50. The predicted molar refractivity (Wildman–Crippen MR) is 160 cm³/mol. The topological polar surface area (TPSA) is 149 Å². The third-order valence-electron chi connectivity index (χ3n) is 6.08. The van der Waals surface area contributed by atoms with Crippen molar-refractivity contribution < 1.29 is 37.0 Å². The summed E-state index contributed by atoms with van der Waals surface area (Å²) in [5.41, 5.74) is -2.11. The van der Waals surface area contributed by atoms with E-state index in [-0.39, 0.29) is 28.2 Å². The van der Waals surface area contributed by atoms with Crippen molar-refractivity contribution in [3.05, 3.63) is 84.4 Å². The lowest BCUT2D eigenvalue weighted by atomic mass is 10.0. The smallest absolute Gasteiger partial charge is 0.355 e. The van der Waals surface area contributed by atoms with Gasteiger partial charge < -0.3 is 19.5 Å². The number of anilines is 1. The van der Waals surface area contributed by atoms with Crippen molar-refractivity contribution in [1.29, 1.82) is 0 Å². The number of carbonyl (C=O) groups excluding carboxylic acids is 3. The standard InChI is InChI=1S/C31H35N3O8S/c1-30(2,3)41-21-11-10-20-31(32-22-35,29(37)40-4)33-28(36)23-16-18-25(19-17-23)43(38,39)34-26-14-8-9-15-27(26)42-24-12-6-5-7-13-24/h5-9,12-19,34H,10-11,20-21H2,1-4H3,(H,33,36)/t31-/m1/s1. The fourth-order valence-electron chi connectivity index (χ4n) is 3.96. The van der Waals surface area contributed by atoms with Crippen molar-refractivity contribution in [1.82, 2.24) is 5.32 Å². The molecular formula is C31H35N3O8S. The summed E-state index contributed by atoms with van der Waals surface area (Å²) in [5, 5.41) is 2.47. The van der Waals surface area contributed by atoms with Crippen molar-refractivity contribution >= 4 is 33.7 Å². The Labute approximate surface area is 251 Å². The van der Waals surface area contributed by atoms with Gasteiger partial charge in [-0.15, -0.1) is 0 Å². The minimum atomic E-state index is -4.08. The Hall–Kier alpha value is -4.51. The number of isocyanates is 1. The second-order valence-corrected chi connectivity index (χ2v) is 12.2. The maximum atomic E-state index is 13.2. The molecule has 0 aliphatic carbocycles. The summed E-state index contributed by atoms with van der Waals surface area (Å²) in [5.74, 6) is -0.882. The van der Waals surface area contributed by atoms with E-state index in [9.17, 15) is 22.8 Å². The van der Waals surface area contributed by atoms with Gasteiger partial charge in [-0.3, -0.25) is 9.52 Å². The van der Waals surface area contributed by atoms with Crippen LogP contribution in [0.1, 0.15) is 50.4 Å². The van der Waals surface area contributed by atoms with Gasteiger partial charge in [0.05, 0.1) is 23.3 Å². The normalized spacial score (nSPS) is 12.7. The van der Waals surface area contributed by atoms with E-state index in [0.29, 0.717) is 30.9 Å². The van der Waals surface area contributed by atoms with Crippen molar-refractivity contribution in [3.8, 4) is 11.5 Å². The molecule has 43 heavy (non-hydrogen) atoms. The zero-order valence-electron chi connectivity index (χ0n) is 24.5. The lowest BCUT2D eigenvalue weighted by molar-refractivity contribution is -0.148. The highest BCUT2D eigenvalue weighted by molar-refractivity contribution is 7.92. The van der Waals surface area contributed by atoms with Gasteiger partial charge >= 0.3 is 5.97 Å². The molecule has 0 radical (unpaired) electrons. The van der Waals surface area contributed by atoms with Crippen LogP contribution in [0.25, 0.3) is 0 Å². The molecule has 3 aromatic rings. The summed E-state index contributed by atoms with van der Waals surface area (Å²) in [6.07, 6.45) is 2.20. The Morgan fingerprint density at radius 2 is 1.56 bits per heavy atom. The maximum absolute atomic E-state index is 13.2. The minimum absolute atomic E-state index is 0.0252. The number of rotatable bonds is 14. The van der Waals surface area contributed by atoms with E-state index in [1.54, 1.807) is 48.5 Å². The number of unbranched alkanes of at least 4 members (excludes halogenated alkanes) is 1. The van der Waals surface area contributed by atoms with Crippen LogP contribution >= 0.6 is 0 Å². The van der Waals surface area contributed by atoms with Gasteiger partial charge in [0.25, 0.3) is 15.9 Å². The summed E-state index contributed by atoms with van der Waals surface area (Å²) in [6.45, 7) is 6.13. The number of carbonyl (C=O) groups is 2. The Morgan fingerprint density at radius 1 is 0.907 bits per heavy atom. The molecule has 0 fully saturated rings. The molecule has 2 N–H and O–H groups in total. The summed E-state index contributed by atoms with van der Waals surface area (Å²) >= 11 is 0. The molecule has 3 rings (SSSR count). The highest BCUT2D eigenvalue weighted by atomic mass is 32.2. The van der Waals surface area contributed by atoms with Gasteiger partial charge in [0.2, 0.25) is 11.7 Å². The van der Waals surface area contributed by atoms with E-state index in [1.807, 2.05) is 26.8 Å². The van der Waals surface area contributed by atoms with Gasteiger partial charge in [-0.1, -0.05) is 30.3 Å². The van der Waals surface area contributed by atoms with Gasteiger partial charge in [-0.05, 0) is 82.1 Å². The van der Waals surface area contributed by atoms with Crippen LogP contribution in [0, 0.1) is 0 Å². The Kier molecular flexibility index (Phi) is 11.2. The number of benzene rings is 3. The van der Waals surface area contributed by atoms with Crippen molar-refractivity contribution in [2.45, 2.75) is 56.2 Å². The van der Waals surface area contributed by atoms with Crippen LogP contribution in [-0.4, -0.2) is 51.4 Å². The van der Waals surface area contributed by atoms with Crippen LogP contribution in [0.2, 0.25) is 0 Å². The number of esters is 1. The average molecular weight is 610 g/mol. The third-order valence-corrected chi connectivity index (χ3v) is 7.46. The largest absolute Gasteiger partial charge is 0.466 e. The minimum Gasteiger partial charge on any atom is -0.466 e. The summed E-state index contributed by atoms with van der Waals surface area (Å²) in [4.78, 5) is 40.5. The van der Waals surface area contributed by atoms with Gasteiger partial charge in [-0.25, -0.2) is 18.0 Å². The van der Waals surface area contributed by atoms with Crippen LogP contribution in [0.5, 0.6) is 11.5 Å². The summed E-state index contributed by atoms with van der Waals surface area (Å²) in [7, 11) is -2.96. The van der Waals surface area contributed by atoms with Gasteiger partial charge in [0.15, 0.2) is 5.75 Å². The first-order valence-electron chi connectivity index (χ1n) is 13.5. The van der Waals surface area contributed by atoms with Gasteiger partial charge in [-0.2, -0.15) is 4.99 Å². The molecular weight excluding hydrogens is 574 g/mol. The van der Waals surface area contributed by atoms with E-state index >= 15 is 0 Å². The molecule has 11 nitrogen and oxygen atoms in total. The second kappa shape index (κ2) is 14.6. The number of aliphatic imine (C=N–C) groups is 1. The molecule has 1 amide bonds. The predicted octanol–water partition coefficient (Wildman–Crippen LogP) is 5.20. The zero-order valence-corrected chi connectivity index (χ0v) is 25.3. The molecule has 0 heterocycles. The first-order chi connectivity index (χ1) is 20.4. The van der Waals surface area contributed by atoms with Crippen molar-refractivity contribution in [2.24, 2.45) is 4.99 Å².